The minimum absolute atomic E-state index is 0.121. The molecule has 0 aliphatic rings. The number of thioether (sulfide) groups is 1. The van der Waals surface area contributed by atoms with Gasteiger partial charge in [0.25, 0.3) is 0 Å². The van der Waals surface area contributed by atoms with E-state index in [1.807, 2.05) is 12.1 Å². The Morgan fingerprint density at radius 1 is 1.24 bits per heavy atom. The van der Waals surface area contributed by atoms with Gasteiger partial charge in [0.15, 0.2) is 0 Å². The fraction of sp³-hybridized carbons (Fsp3) is 0.0714. The number of carboxylic acids is 1. The topological polar surface area (TPSA) is 79.3 Å². The van der Waals surface area contributed by atoms with Gasteiger partial charge in [-0.2, -0.15) is 0 Å². The molecule has 2 aromatic rings. The molecule has 0 saturated heterocycles. The summed E-state index contributed by atoms with van der Waals surface area (Å²) in [4.78, 5) is 27.7. The Labute approximate surface area is 133 Å². The summed E-state index contributed by atoms with van der Waals surface area (Å²) in [6, 6.07) is 8.11. The molecule has 0 aliphatic carbocycles. The van der Waals surface area contributed by atoms with Crippen LogP contribution in [0.2, 0.25) is 0 Å². The Bertz CT molecular complexity index is 665. The van der Waals surface area contributed by atoms with Crippen molar-refractivity contribution in [3.63, 3.8) is 0 Å². The molecule has 0 spiro atoms. The quantitative estimate of drug-likeness (QED) is 0.793. The van der Waals surface area contributed by atoms with Crippen LogP contribution in [0.1, 0.15) is 10.4 Å². The molecule has 108 valence electrons. The van der Waals surface area contributed by atoms with Gasteiger partial charge in [0.1, 0.15) is 0 Å². The highest BCUT2D eigenvalue weighted by Crippen LogP contribution is 2.24. The molecule has 2 rings (SSSR count). The summed E-state index contributed by atoms with van der Waals surface area (Å²) in [5.41, 5.74) is 0.561. The second-order valence-electron chi connectivity index (χ2n) is 4.02. The highest BCUT2D eigenvalue weighted by molar-refractivity contribution is 9.10. The van der Waals surface area contributed by atoms with E-state index in [0.29, 0.717) is 10.2 Å². The first-order valence-corrected chi connectivity index (χ1v) is 7.69. The molecule has 0 fully saturated rings. The lowest BCUT2D eigenvalue weighted by atomic mass is 10.2. The first kappa shape index (κ1) is 15.5. The highest BCUT2D eigenvalue weighted by atomic mass is 79.9. The van der Waals surface area contributed by atoms with Gasteiger partial charge in [-0.3, -0.25) is 9.78 Å². The standard InChI is InChI=1S/C14H11BrN2O3S/c15-11-2-1-9(14(19)20)7-12(11)17-13(18)8-21-10-3-5-16-6-4-10/h1-7H,8H2,(H,17,18)(H,19,20). The molecule has 0 saturated carbocycles. The van der Waals surface area contributed by atoms with Crippen molar-refractivity contribution in [2.75, 3.05) is 11.1 Å². The maximum Gasteiger partial charge on any atom is 0.335 e. The van der Waals surface area contributed by atoms with E-state index in [1.165, 1.54) is 23.9 Å². The number of carboxylic acid groups (broad SMARTS) is 1. The Morgan fingerprint density at radius 2 is 1.95 bits per heavy atom. The minimum atomic E-state index is -1.04. The van der Waals surface area contributed by atoms with Gasteiger partial charge in [-0.05, 0) is 46.3 Å². The van der Waals surface area contributed by atoms with Gasteiger partial charge < -0.3 is 10.4 Å². The molecule has 2 N–H and O–H groups in total. The summed E-state index contributed by atoms with van der Waals surface area (Å²) in [6.45, 7) is 0. The summed E-state index contributed by atoms with van der Waals surface area (Å²) in [7, 11) is 0. The monoisotopic (exact) mass is 366 g/mol. The minimum Gasteiger partial charge on any atom is -0.478 e. The summed E-state index contributed by atoms with van der Waals surface area (Å²) in [6.07, 6.45) is 3.32. The number of rotatable bonds is 5. The molecule has 1 aromatic carbocycles. The van der Waals surface area contributed by atoms with Gasteiger partial charge in [0.05, 0.1) is 17.0 Å². The van der Waals surface area contributed by atoms with Crippen molar-refractivity contribution in [1.82, 2.24) is 4.98 Å². The molecule has 1 amide bonds. The van der Waals surface area contributed by atoms with E-state index < -0.39 is 5.97 Å². The lowest BCUT2D eigenvalue weighted by Gasteiger charge is -2.08. The number of hydrogen-bond acceptors (Lipinski definition) is 4. The van der Waals surface area contributed by atoms with Crippen molar-refractivity contribution in [3.05, 3.63) is 52.8 Å². The Balaban J connectivity index is 1.99. The summed E-state index contributed by atoms with van der Waals surface area (Å²) >= 11 is 4.66. The molecule has 0 atom stereocenters. The van der Waals surface area contributed by atoms with E-state index in [0.717, 1.165) is 4.90 Å². The van der Waals surface area contributed by atoms with Crippen LogP contribution in [0.4, 0.5) is 5.69 Å². The molecule has 0 bridgehead atoms. The van der Waals surface area contributed by atoms with Crippen LogP contribution in [-0.2, 0) is 4.79 Å². The van der Waals surface area contributed by atoms with Crippen molar-refractivity contribution in [2.24, 2.45) is 0 Å². The average Bonchev–Trinajstić information content (AvgIpc) is 2.48. The van der Waals surface area contributed by atoms with Gasteiger partial charge in [0, 0.05) is 21.8 Å². The van der Waals surface area contributed by atoms with Crippen molar-refractivity contribution < 1.29 is 14.7 Å². The van der Waals surface area contributed by atoms with Gasteiger partial charge in [-0.25, -0.2) is 4.79 Å². The zero-order valence-electron chi connectivity index (χ0n) is 10.7. The third kappa shape index (κ3) is 4.57. The lowest BCUT2D eigenvalue weighted by molar-refractivity contribution is -0.113. The number of pyridine rings is 1. The number of nitrogens with zero attached hydrogens (tertiary/aromatic N) is 1. The van der Waals surface area contributed by atoms with Crippen LogP contribution in [0.25, 0.3) is 0 Å². The van der Waals surface area contributed by atoms with Gasteiger partial charge in [-0.1, -0.05) is 0 Å². The van der Waals surface area contributed by atoms with Gasteiger partial charge >= 0.3 is 5.97 Å². The molecular formula is C14H11BrN2O3S. The van der Waals surface area contributed by atoms with Crippen LogP contribution >= 0.6 is 27.7 Å². The number of carbonyl (C=O) groups excluding carboxylic acids is 1. The SMILES string of the molecule is O=C(CSc1ccncc1)Nc1cc(C(=O)O)ccc1Br. The van der Waals surface area contributed by atoms with Crippen molar-refractivity contribution in [1.29, 1.82) is 0 Å². The molecule has 1 heterocycles. The fourth-order valence-corrected chi connectivity index (χ4v) is 2.55. The molecule has 5 nitrogen and oxygen atoms in total. The molecule has 0 unspecified atom stereocenters. The summed E-state index contributed by atoms with van der Waals surface area (Å²) < 4.78 is 0.634. The molecular weight excluding hydrogens is 356 g/mol. The largest absolute Gasteiger partial charge is 0.478 e. The number of aromatic carboxylic acids is 1. The third-order valence-corrected chi connectivity index (χ3v) is 4.21. The molecule has 0 aliphatic heterocycles. The average molecular weight is 367 g/mol. The predicted molar refractivity (Wildman–Crippen MR) is 84.7 cm³/mol. The number of anilines is 1. The van der Waals surface area contributed by atoms with E-state index in [2.05, 4.69) is 26.2 Å². The maximum atomic E-state index is 11.9. The first-order valence-electron chi connectivity index (χ1n) is 5.92. The van der Waals surface area contributed by atoms with E-state index in [1.54, 1.807) is 18.5 Å². The number of halogens is 1. The fourth-order valence-electron chi connectivity index (χ4n) is 1.52. The van der Waals surface area contributed by atoms with E-state index in [4.69, 9.17) is 5.11 Å². The van der Waals surface area contributed by atoms with Crippen LogP contribution in [0.3, 0.4) is 0 Å². The van der Waals surface area contributed by atoms with E-state index in [-0.39, 0.29) is 17.2 Å². The Hall–Kier alpha value is -1.86. The molecule has 0 radical (unpaired) electrons. The number of aromatic nitrogens is 1. The zero-order chi connectivity index (χ0) is 15.2. The highest BCUT2D eigenvalue weighted by Gasteiger charge is 2.10. The predicted octanol–water partition coefficient (Wildman–Crippen LogP) is 3.27. The summed E-state index contributed by atoms with van der Waals surface area (Å²) in [5.74, 6) is -1.02. The second kappa shape index (κ2) is 7.24. The zero-order valence-corrected chi connectivity index (χ0v) is 13.1. The molecule has 7 heteroatoms. The third-order valence-electron chi connectivity index (χ3n) is 2.51. The number of hydrogen-bond donors (Lipinski definition) is 2. The van der Waals surface area contributed by atoms with E-state index >= 15 is 0 Å². The Morgan fingerprint density at radius 3 is 2.62 bits per heavy atom. The first-order chi connectivity index (χ1) is 10.1. The van der Waals surface area contributed by atoms with Crippen LogP contribution in [-0.4, -0.2) is 27.7 Å². The maximum absolute atomic E-state index is 11.9. The number of nitrogens with one attached hydrogen (secondary N) is 1. The lowest BCUT2D eigenvalue weighted by Crippen LogP contribution is -2.15. The van der Waals surface area contributed by atoms with Crippen LogP contribution in [0.5, 0.6) is 0 Å². The number of benzene rings is 1. The Kier molecular flexibility index (Phi) is 5.35. The second-order valence-corrected chi connectivity index (χ2v) is 5.92. The van der Waals surface area contributed by atoms with Crippen LogP contribution in [0, 0.1) is 0 Å². The van der Waals surface area contributed by atoms with Crippen LogP contribution in [0.15, 0.2) is 52.1 Å². The number of amides is 1. The van der Waals surface area contributed by atoms with Crippen LogP contribution < -0.4 is 5.32 Å². The van der Waals surface area contributed by atoms with Gasteiger partial charge in [-0.15, -0.1) is 11.8 Å². The van der Waals surface area contributed by atoms with Crippen molar-refractivity contribution >= 4 is 45.3 Å². The molecule has 1 aromatic heterocycles. The van der Waals surface area contributed by atoms with Crippen molar-refractivity contribution in [2.45, 2.75) is 4.90 Å². The normalized spacial score (nSPS) is 10.1. The molecule has 21 heavy (non-hydrogen) atoms. The van der Waals surface area contributed by atoms with E-state index in [9.17, 15) is 9.59 Å². The van der Waals surface area contributed by atoms with Crippen molar-refractivity contribution in [3.8, 4) is 0 Å². The number of carbonyl (C=O) groups is 2. The summed E-state index contributed by atoms with van der Waals surface area (Å²) in [5, 5.41) is 11.6. The smallest absolute Gasteiger partial charge is 0.335 e. The van der Waals surface area contributed by atoms with Gasteiger partial charge in [0.2, 0.25) is 5.91 Å².